The standard InChI is InChI=1S/C17H29N3O11/c1-7(21)20-14(25)13-10(23)5-17(29,16(27)28)31-11(13)4-8(22)6-30-15(26)9(18)2-3-12(19)24/h8-11,13-14,22-23,25,29H,2-6,18H2,1H3,(H2,19,24)(H,20,21)(H,27,28)/t8-,9+,10?,11?,13?,14-,17?/m0/s1. The summed E-state index contributed by atoms with van der Waals surface area (Å²) in [6.45, 7) is 0.477. The Morgan fingerprint density at radius 3 is 2.42 bits per heavy atom. The lowest BCUT2D eigenvalue weighted by atomic mass is 9.83. The lowest BCUT2D eigenvalue weighted by Gasteiger charge is -2.44. The summed E-state index contributed by atoms with van der Waals surface area (Å²) in [6, 6.07) is -1.17. The van der Waals surface area contributed by atoms with Crippen molar-refractivity contribution >= 4 is 23.8 Å². The molecule has 4 unspecified atom stereocenters. The number of nitrogens with two attached hydrogens (primary N) is 2. The first kappa shape index (κ1) is 26.7. The van der Waals surface area contributed by atoms with Gasteiger partial charge in [-0.1, -0.05) is 0 Å². The van der Waals surface area contributed by atoms with E-state index in [-0.39, 0.29) is 12.8 Å². The molecule has 1 heterocycles. The minimum atomic E-state index is -2.80. The van der Waals surface area contributed by atoms with Crippen molar-refractivity contribution in [3.63, 3.8) is 0 Å². The fourth-order valence-electron chi connectivity index (χ4n) is 3.14. The number of aliphatic carboxylic acids is 1. The number of hydrogen-bond donors (Lipinski definition) is 8. The number of hydrogen-bond acceptors (Lipinski definition) is 11. The van der Waals surface area contributed by atoms with Crippen LogP contribution in [0, 0.1) is 5.92 Å². The van der Waals surface area contributed by atoms with Crippen molar-refractivity contribution in [1.29, 1.82) is 0 Å². The zero-order valence-electron chi connectivity index (χ0n) is 16.8. The molecule has 178 valence electrons. The number of nitrogens with one attached hydrogen (secondary N) is 1. The molecule has 0 aliphatic carbocycles. The Labute approximate surface area is 177 Å². The largest absolute Gasteiger partial charge is 0.477 e. The molecular formula is C17H29N3O11. The second-order valence-electron chi connectivity index (χ2n) is 7.37. The Kier molecular flexibility index (Phi) is 9.73. The van der Waals surface area contributed by atoms with Gasteiger partial charge < -0.3 is 51.8 Å². The molecule has 0 radical (unpaired) electrons. The highest BCUT2D eigenvalue weighted by molar-refractivity contribution is 5.78. The Balaban J connectivity index is 2.82. The molecule has 1 saturated heterocycles. The molecule has 0 saturated carbocycles. The van der Waals surface area contributed by atoms with E-state index in [2.05, 4.69) is 5.32 Å². The van der Waals surface area contributed by atoms with Gasteiger partial charge in [-0.2, -0.15) is 0 Å². The van der Waals surface area contributed by atoms with Crippen molar-refractivity contribution in [3.05, 3.63) is 0 Å². The normalized spacial score (nSPS) is 28.8. The second kappa shape index (κ2) is 11.3. The van der Waals surface area contributed by atoms with Crippen molar-refractivity contribution < 1.29 is 54.2 Å². The summed E-state index contributed by atoms with van der Waals surface area (Å²) in [4.78, 5) is 45.1. The summed E-state index contributed by atoms with van der Waals surface area (Å²) >= 11 is 0. The zero-order chi connectivity index (χ0) is 23.9. The third-order valence-corrected chi connectivity index (χ3v) is 4.68. The quantitative estimate of drug-likeness (QED) is 0.110. The molecular weight excluding hydrogens is 422 g/mol. The highest BCUT2D eigenvalue weighted by Gasteiger charge is 2.53. The second-order valence-corrected chi connectivity index (χ2v) is 7.37. The summed E-state index contributed by atoms with van der Waals surface area (Å²) in [7, 11) is 0. The minimum absolute atomic E-state index is 0.0706. The Hall–Kier alpha value is -2.36. The van der Waals surface area contributed by atoms with Crippen LogP contribution in [0.1, 0.15) is 32.6 Å². The van der Waals surface area contributed by atoms with Crippen LogP contribution >= 0.6 is 0 Å². The van der Waals surface area contributed by atoms with Gasteiger partial charge in [0.05, 0.1) is 24.2 Å². The first-order valence-corrected chi connectivity index (χ1v) is 9.42. The number of carbonyl (C=O) groups excluding carboxylic acids is 3. The smallest absolute Gasteiger partial charge is 0.364 e. The molecule has 0 aromatic rings. The minimum Gasteiger partial charge on any atom is -0.477 e. The first-order valence-electron chi connectivity index (χ1n) is 9.42. The van der Waals surface area contributed by atoms with Crippen LogP contribution in [0.5, 0.6) is 0 Å². The summed E-state index contributed by atoms with van der Waals surface area (Å²) in [6.07, 6.45) is -7.76. The van der Waals surface area contributed by atoms with Gasteiger partial charge in [-0.25, -0.2) is 4.79 Å². The highest BCUT2D eigenvalue weighted by Crippen LogP contribution is 2.35. The zero-order valence-corrected chi connectivity index (χ0v) is 16.8. The van der Waals surface area contributed by atoms with Crippen molar-refractivity contribution in [2.45, 2.75) is 69.0 Å². The molecule has 31 heavy (non-hydrogen) atoms. The van der Waals surface area contributed by atoms with Crippen LogP contribution in [0.4, 0.5) is 0 Å². The maximum atomic E-state index is 11.8. The van der Waals surface area contributed by atoms with E-state index in [1.54, 1.807) is 0 Å². The molecule has 14 heteroatoms. The lowest BCUT2D eigenvalue weighted by molar-refractivity contribution is -0.297. The Morgan fingerprint density at radius 2 is 1.90 bits per heavy atom. The van der Waals surface area contributed by atoms with Gasteiger partial charge in [0.1, 0.15) is 18.9 Å². The fourth-order valence-corrected chi connectivity index (χ4v) is 3.14. The first-order chi connectivity index (χ1) is 14.3. The van der Waals surface area contributed by atoms with Crippen LogP contribution in [0.25, 0.3) is 0 Å². The molecule has 1 rings (SSSR count). The molecule has 2 amide bonds. The van der Waals surface area contributed by atoms with Crippen LogP contribution in [0.2, 0.25) is 0 Å². The molecule has 1 aliphatic rings. The average molecular weight is 451 g/mol. The van der Waals surface area contributed by atoms with Gasteiger partial charge in [0.2, 0.25) is 11.8 Å². The van der Waals surface area contributed by atoms with Gasteiger partial charge in [0.25, 0.3) is 5.79 Å². The molecule has 1 aliphatic heterocycles. The molecule has 7 atom stereocenters. The number of carboxylic acids is 1. The molecule has 14 nitrogen and oxygen atoms in total. The number of carboxylic acid groups (broad SMARTS) is 1. The van der Waals surface area contributed by atoms with Crippen LogP contribution in [0.15, 0.2) is 0 Å². The number of rotatable bonds is 11. The predicted octanol–water partition coefficient (Wildman–Crippen LogP) is -4.13. The number of carbonyl (C=O) groups is 4. The summed E-state index contributed by atoms with van der Waals surface area (Å²) in [5, 5.41) is 52.0. The van der Waals surface area contributed by atoms with E-state index in [1.165, 1.54) is 0 Å². The number of ether oxygens (including phenoxy) is 2. The van der Waals surface area contributed by atoms with Gasteiger partial charge in [-0.15, -0.1) is 0 Å². The van der Waals surface area contributed by atoms with Gasteiger partial charge in [-0.05, 0) is 6.42 Å². The topological polar surface area (TPSA) is 252 Å². The molecule has 1 fully saturated rings. The average Bonchev–Trinajstić information content (AvgIpc) is 2.62. The van der Waals surface area contributed by atoms with Crippen LogP contribution < -0.4 is 16.8 Å². The maximum absolute atomic E-state index is 11.8. The van der Waals surface area contributed by atoms with E-state index < -0.39 is 85.5 Å². The highest BCUT2D eigenvalue weighted by atomic mass is 16.7. The van der Waals surface area contributed by atoms with Crippen molar-refractivity contribution in [2.75, 3.05) is 6.61 Å². The third-order valence-electron chi connectivity index (χ3n) is 4.68. The number of esters is 1. The van der Waals surface area contributed by atoms with Gasteiger partial charge in [0.15, 0.2) is 0 Å². The predicted molar refractivity (Wildman–Crippen MR) is 99.4 cm³/mol. The van der Waals surface area contributed by atoms with Gasteiger partial charge in [-0.3, -0.25) is 14.4 Å². The molecule has 10 N–H and O–H groups in total. The lowest BCUT2D eigenvalue weighted by Crippen LogP contribution is -2.61. The molecule has 0 aromatic heterocycles. The number of primary amides is 1. The number of amides is 2. The fraction of sp³-hybridized carbons (Fsp3) is 0.765. The van der Waals surface area contributed by atoms with E-state index in [9.17, 15) is 39.6 Å². The number of aliphatic hydroxyl groups is 4. The molecule has 0 spiro atoms. The number of aliphatic hydroxyl groups excluding tert-OH is 3. The van der Waals surface area contributed by atoms with Crippen LogP contribution in [-0.2, 0) is 28.7 Å². The van der Waals surface area contributed by atoms with Crippen molar-refractivity contribution in [2.24, 2.45) is 17.4 Å². The maximum Gasteiger partial charge on any atom is 0.364 e. The SMILES string of the molecule is CC(=O)N[C@@H](O)C1C(O)CC(O)(C(=O)O)OC1C[C@H](O)COC(=O)[C@H](N)CCC(N)=O. The van der Waals surface area contributed by atoms with E-state index >= 15 is 0 Å². The van der Waals surface area contributed by atoms with E-state index in [1.807, 2.05) is 0 Å². The third kappa shape index (κ3) is 8.01. The summed E-state index contributed by atoms with van der Waals surface area (Å²) in [5.74, 6) is -8.16. The van der Waals surface area contributed by atoms with E-state index in [4.69, 9.17) is 26.0 Å². The van der Waals surface area contributed by atoms with Gasteiger partial charge >= 0.3 is 11.9 Å². The van der Waals surface area contributed by atoms with Gasteiger partial charge in [0, 0.05) is 26.2 Å². The van der Waals surface area contributed by atoms with Crippen molar-refractivity contribution in [1.82, 2.24) is 5.32 Å². The summed E-state index contributed by atoms with van der Waals surface area (Å²) in [5.41, 5.74) is 10.5. The van der Waals surface area contributed by atoms with Crippen LogP contribution in [0.3, 0.4) is 0 Å². The van der Waals surface area contributed by atoms with Crippen molar-refractivity contribution in [3.8, 4) is 0 Å². The molecule has 0 aromatic carbocycles. The Morgan fingerprint density at radius 1 is 1.29 bits per heavy atom. The monoisotopic (exact) mass is 451 g/mol. The molecule has 0 bridgehead atoms. The summed E-state index contributed by atoms with van der Waals surface area (Å²) < 4.78 is 9.95. The van der Waals surface area contributed by atoms with E-state index in [0.717, 1.165) is 6.92 Å². The Bertz CT molecular complexity index is 676. The van der Waals surface area contributed by atoms with Crippen LogP contribution in [-0.4, -0.2) is 92.3 Å². The van der Waals surface area contributed by atoms with E-state index in [0.29, 0.717) is 0 Å².